The number of fused-ring (bicyclic) bond motifs is 7. The number of pyridine rings is 1. The van der Waals surface area contributed by atoms with Crippen molar-refractivity contribution in [3.8, 4) is 17.1 Å². The molecule has 10 heteroatoms. The molecule has 1 amide bonds. The predicted octanol–water partition coefficient (Wildman–Crippen LogP) is 4.95. The van der Waals surface area contributed by atoms with Gasteiger partial charge in [0.2, 0.25) is 11.8 Å². The second-order valence-electron chi connectivity index (χ2n) is 12.9. The van der Waals surface area contributed by atoms with Gasteiger partial charge in [0.05, 0.1) is 35.4 Å². The van der Waals surface area contributed by atoms with Crippen LogP contribution in [-0.2, 0) is 7.05 Å². The van der Waals surface area contributed by atoms with Gasteiger partial charge in [-0.3, -0.25) is 9.78 Å². The highest BCUT2D eigenvalue weighted by atomic mass is 16.5. The minimum atomic E-state index is -0.299. The minimum Gasteiger partial charge on any atom is -0.477 e. The van der Waals surface area contributed by atoms with E-state index in [2.05, 4.69) is 63.7 Å². The van der Waals surface area contributed by atoms with Crippen molar-refractivity contribution in [3.63, 3.8) is 0 Å². The molecular weight excluding hydrogens is 540 g/mol. The monoisotopic (exact) mass is 581 g/mol. The maximum Gasteiger partial charge on any atom is 0.280 e. The van der Waals surface area contributed by atoms with E-state index in [1.807, 2.05) is 14.0 Å². The molecule has 0 unspecified atom stereocenters. The Kier molecular flexibility index (Phi) is 7.15. The minimum absolute atomic E-state index is 0.299. The Balaban J connectivity index is 1.21. The second kappa shape index (κ2) is 11.1. The van der Waals surface area contributed by atoms with Gasteiger partial charge in [0.15, 0.2) is 0 Å². The van der Waals surface area contributed by atoms with E-state index >= 15 is 0 Å². The molecule has 2 fully saturated rings. The molecule has 2 aliphatic carbocycles. The summed E-state index contributed by atoms with van der Waals surface area (Å²) in [7, 11) is 6.05. The molecule has 3 aromatic rings. The van der Waals surface area contributed by atoms with Crippen LogP contribution >= 0.6 is 0 Å². The third-order valence-electron chi connectivity index (χ3n) is 9.08. The molecule has 0 radical (unpaired) electrons. The number of benzene rings is 1. The number of aryl methyl sites for hydroxylation is 2. The van der Waals surface area contributed by atoms with Gasteiger partial charge in [-0.1, -0.05) is 0 Å². The van der Waals surface area contributed by atoms with Crippen molar-refractivity contribution >= 4 is 35.1 Å². The van der Waals surface area contributed by atoms with Gasteiger partial charge in [-0.25, -0.2) is 9.26 Å². The van der Waals surface area contributed by atoms with E-state index in [1.165, 1.54) is 12.8 Å². The highest BCUT2D eigenvalue weighted by Crippen LogP contribution is 2.43. The molecule has 0 saturated heterocycles. The van der Waals surface area contributed by atoms with Crippen LogP contribution in [0.5, 0.6) is 5.88 Å². The fourth-order valence-corrected chi connectivity index (χ4v) is 6.75. The van der Waals surface area contributed by atoms with E-state index < -0.39 is 0 Å². The van der Waals surface area contributed by atoms with E-state index in [0.717, 1.165) is 60.5 Å². The number of amides is 1. The Morgan fingerprint density at radius 3 is 2.74 bits per heavy atom. The summed E-state index contributed by atoms with van der Waals surface area (Å²) in [5.41, 5.74) is 5.82. The van der Waals surface area contributed by atoms with E-state index in [1.54, 1.807) is 23.0 Å². The normalized spacial score (nSPS) is 24.5. The molecule has 2 aromatic heterocycles. The Labute approximate surface area is 252 Å². The SMILES string of the molecule is Cc1cc2cc(n1)-c1cnn(C)c1OCCC[C@@H](C1CC1)CN1/C(=N/C2=O)Nc2cc(NC3CC(C=[N+](C)C)C3)ccc21. The summed E-state index contributed by atoms with van der Waals surface area (Å²) < 4.78 is 10.2. The number of aromatic nitrogens is 3. The van der Waals surface area contributed by atoms with Crippen molar-refractivity contribution in [2.75, 3.05) is 42.8 Å². The third-order valence-corrected chi connectivity index (χ3v) is 9.08. The molecular formula is C33H41N8O2+. The Hall–Kier alpha value is -4.21. The fraction of sp³-hybridized carbons (Fsp3) is 0.485. The highest BCUT2D eigenvalue weighted by molar-refractivity contribution is 6.19. The number of ether oxygens (including phenoxy) is 1. The zero-order valence-electron chi connectivity index (χ0n) is 25.5. The first kappa shape index (κ1) is 27.6. The van der Waals surface area contributed by atoms with Crippen LogP contribution in [0, 0.1) is 24.7 Å². The number of aliphatic imine (C=N–C) groups is 1. The zero-order valence-corrected chi connectivity index (χ0v) is 25.5. The van der Waals surface area contributed by atoms with Gasteiger partial charge >= 0.3 is 0 Å². The molecule has 43 heavy (non-hydrogen) atoms. The zero-order chi connectivity index (χ0) is 29.7. The van der Waals surface area contributed by atoms with Crippen molar-refractivity contribution in [1.29, 1.82) is 0 Å². The van der Waals surface area contributed by atoms with Crippen LogP contribution in [-0.4, -0.2) is 70.7 Å². The van der Waals surface area contributed by atoms with Crippen molar-refractivity contribution < 1.29 is 14.1 Å². The molecule has 1 aromatic carbocycles. The fourth-order valence-electron chi connectivity index (χ4n) is 6.75. The molecule has 0 spiro atoms. The number of carbonyl (C=O) groups is 1. The van der Waals surface area contributed by atoms with E-state index in [-0.39, 0.29) is 5.91 Å². The maximum atomic E-state index is 13.7. The standard InChI is InChI=1S/C33H40N8O2/c1-20-12-24-15-28(35-20)27-17-34-40(4)32(27)43-11-5-6-23(22-7-8-22)19-41-30-10-9-25(16-29(30)37-33(41)38-31(24)42)36-26-13-21(14-26)18-39(2)3/h9-10,12,15-18,21-23,26,36H,5-8,11,13-14,19H2,1-4H3/p+1/t21?,23-,26?/m1/s1. The van der Waals surface area contributed by atoms with Crippen LogP contribution in [0.3, 0.4) is 0 Å². The van der Waals surface area contributed by atoms with Crippen LogP contribution < -0.4 is 20.3 Å². The van der Waals surface area contributed by atoms with Gasteiger partial charge in [0.25, 0.3) is 5.91 Å². The maximum absolute atomic E-state index is 13.7. The molecule has 2 N–H and O–H groups in total. The van der Waals surface area contributed by atoms with Gasteiger partial charge in [0, 0.05) is 42.5 Å². The summed E-state index contributed by atoms with van der Waals surface area (Å²) in [5.74, 6) is 2.78. The molecule has 2 saturated carbocycles. The summed E-state index contributed by atoms with van der Waals surface area (Å²) >= 11 is 0. The van der Waals surface area contributed by atoms with E-state index in [4.69, 9.17) is 14.7 Å². The Morgan fingerprint density at radius 1 is 1.12 bits per heavy atom. The smallest absolute Gasteiger partial charge is 0.280 e. The molecule has 10 nitrogen and oxygen atoms in total. The van der Waals surface area contributed by atoms with Crippen LogP contribution in [0.15, 0.2) is 41.5 Å². The van der Waals surface area contributed by atoms with Crippen LogP contribution in [0.25, 0.3) is 11.3 Å². The van der Waals surface area contributed by atoms with Gasteiger partial charge in [0.1, 0.15) is 20.3 Å². The number of rotatable bonds is 4. The molecule has 2 aliphatic heterocycles. The Bertz CT molecular complexity index is 1610. The summed E-state index contributed by atoms with van der Waals surface area (Å²) in [5, 5.41) is 11.6. The van der Waals surface area contributed by atoms with E-state index in [9.17, 15) is 4.79 Å². The van der Waals surface area contributed by atoms with Crippen molar-refractivity contribution in [2.45, 2.75) is 51.5 Å². The number of nitrogens with one attached hydrogen (secondary N) is 2. The number of anilines is 3. The second-order valence-corrected chi connectivity index (χ2v) is 12.9. The lowest BCUT2D eigenvalue weighted by Gasteiger charge is -2.33. The molecule has 4 aliphatic rings. The Morgan fingerprint density at radius 2 is 1.95 bits per heavy atom. The largest absolute Gasteiger partial charge is 0.477 e. The van der Waals surface area contributed by atoms with Gasteiger partial charge in [-0.15, -0.1) is 0 Å². The van der Waals surface area contributed by atoms with Gasteiger partial charge in [-0.05, 0) is 87.6 Å². The lowest BCUT2D eigenvalue weighted by Crippen LogP contribution is -2.37. The number of hydrogen-bond acceptors (Lipinski definition) is 7. The van der Waals surface area contributed by atoms with Crippen molar-refractivity contribution in [2.24, 2.45) is 29.8 Å². The summed E-state index contributed by atoms with van der Waals surface area (Å²) in [6.07, 6.45) is 10.8. The molecule has 7 rings (SSSR count). The van der Waals surface area contributed by atoms with Crippen molar-refractivity contribution in [1.82, 2.24) is 14.8 Å². The average molecular weight is 582 g/mol. The lowest BCUT2D eigenvalue weighted by molar-refractivity contribution is -0.462. The number of nitrogens with zero attached hydrogens (tertiary/aromatic N) is 6. The molecule has 4 heterocycles. The van der Waals surface area contributed by atoms with Gasteiger partial charge < -0.3 is 20.3 Å². The third kappa shape index (κ3) is 5.75. The molecule has 224 valence electrons. The average Bonchev–Trinajstić information content (AvgIpc) is 3.65. The number of guanidine groups is 1. The summed E-state index contributed by atoms with van der Waals surface area (Å²) in [6, 6.07) is 10.5. The lowest BCUT2D eigenvalue weighted by atomic mass is 9.81. The topological polar surface area (TPSA) is 99.7 Å². The number of hydrogen-bond donors (Lipinski definition) is 2. The number of carbonyl (C=O) groups excluding carboxylic acids is 1. The highest BCUT2D eigenvalue weighted by Gasteiger charge is 2.36. The van der Waals surface area contributed by atoms with Crippen LogP contribution in [0.1, 0.15) is 54.6 Å². The first-order valence-electron chi connectivity index (χ1n) is 15.5. The van der Waals surface area contributed by atoms with Crippen molar-refractivity contribution in [3.05, 3.63) is 47.8 Å². The first-order chi connectivity index (χ1) is 20.8. The van der Waals surface area contributed by atoms with Crippen LogP contribution in [0.4, 0.5) is 17.1 Å². The molecule has 1 atom stereocenters. The summed E-state index contributed by atoms with van der Waals surface area (Å²) in [4.78, 5) is 25.4. The summed E-state index contributed by atoms with van der Waals surface area (Å²) in [6.45, 7) is 3.31. The van der Waals surface area contributed by atoms with Gasteiger partial charge in [-0.2, -0.15) is 10.1 Å². The molecule has 2 bridgehead atoms. The van der Waals surface area contributed by atoms with E-state index in [0.29, 0.717) is 53.5 Å². The quantitative estimate of drug-likeness (QED) is 0.332. The predicted molar refractivity (Wildman–Crippen MR) is 170 cm³/mol. The first-order valence-corrected chi connectivity index (χ1v) is 15.5. The van der Waals surface area contributed by atoms with Crippen LogP contribution in [0.2, 0.25) is 0 Å².